The molecule has 0 aliphatic heterocycles. The molecule has 2 aromatic rings. The number of hydrogen-bond acceptors (Lipinski definition) is 5. The Morgan fingerprint density at radius 3 is 2.95 bits per heavy atom. The van der Waals surface area contributed by atoms with Gasteiger partial charge in [-0.05, 0) is 35.4 Å². The molecule has 0 aromatic carbocycles. The molecule has 5 nitrogen and oxygen atoms in total. The first-order valence-corrected chi connectivity index (χ1v) is 8.64. The molecule has 0 bridgehead atoms. The van der Waals surface area contributed by atoms with Crippen LogP contribution < -0.4 is 10.5 Å². The van der Waals surface area contributed by atoms with Gasteiger partial charge in [0.25, 0.3) is 0 Å². The highest BCUT2D eigenvalue weighted by molar-refractivity contribution is 7.89. The SMILES string of the molecule is CC(NS(=O)(=O)c1cncc(C#CCN)c1)c1ccsc1. The smallest absolute Gasteiger partial charge is 0.242 e. The number of sulfonamides is 1. The van der Waals surface area contributed by atoms with Gasteiger partial charge in [0.2, 0.25) is 10.0 Å². The second-order valence-electron chi connectivity index (χ2n) is 4.31. The molecule has 0 radical (unpaired) electrons. The van der Waals surface area contributed by atoms with Crippen LogP contribution in [0.3, 0.4) is 0 Å². The fraction of sp³-hybridized carbons (Fsp3) is 0.214. The van der Waals surface area contributed by atoms with Crippen LogP contribution in [0.5, 0.6) is 0 Å². The van der Waals surface area contributed by atoms with E-state index in [1.54, 1.807) is 6.92 Å². The zero-order chi connectivity index (χ0) is 15.3. The molecule has 21 heavy (non-hydrogen) atoms. The molecule has 0 spiro atoms. The highest BCUT2D eigenvalue weighted by Gasteiger charge is 2.19. The maximum absolute atomic E-state index is 12.3. The molecule has 0 saturated carbocycles. The third-order valence-corrected chi connectivity index (χ3v) is 4.94. The lowest BCUT2D eigenvalue weighted by atomic mass is 10.2. The van der Waals surface area contributed by atoms with E-state index < -0.39 is 10.0 Å². The summed E-state index contributed by atoms with van der Waals surface area (Å²) in [6, 6.07) is 3.07. The van der Waals surface area contributed by atoms with Crippen molar-refractivity contribution in [2.45, 2.75) is 17.9 Å². The largest absolute Gasteiger partial charge is 0.320 e. The second-order valence-corrected chi connectivity index (χ2v) is 6.81. The zero-order valence-corrected chi connectivity index (χ0v) is 13.0. The van der Waals surface area contributed by atoms with Gasteiger partial charge in [-0.2, -0.15) is 11.3 Å². The number of thiophene rings is 1. The van der Waals surface area contributed by atoms with E-state index in [1.165, 1.54) is 29.8 Å². The van der Waals surface area contributed by atoms with Crippen LogP contribution in [-0.2, 0) is 10.0 Å². The average molecular weight is 321 g/mol. The molecule has 0 aliphatic rings. The predicted octanol–water partition coefficient (Wildman–Crippen LogP) is 1.49. The summed E-state index contributed by atoms with van der Waals surface area (Å²) in [6.07, 6.45) is 2.81. The van der Waals surface area contributed by atoms with Crippen molar-refractivity contribution in [1.82, 2.24) is 9.71 Å². The highest BCUT2D eigenvalue weighted by atomic mass is 32.2. The first kappa shape index (κ1) is 15.7. The normalized spacial score (nSPS) is 12.5. The standard InChI is InChI=1S/C14H15N3O2S2/c1-11(13-4-6-20-10-13)17-21(18,19)14-7-12(3-2-5-15)8-16-9-14/h4,6-11,17H,5,15H2,1H3. The van der Waals surface area contributed by atoms with E-state index in [1.807, 2.05) is 16.8 Å². The van der Waals surface area contributed by atoms with E-state index in [2.05, 4.69) is 21.5 Å². The Morgan fingerprint density at radius 2 is 2.29 bits per heavy atom. The number of hydrogen-bond donors (Lipinski definition) is 2. The predicted molar refractivity (Wildman–Crippen MR) is 83.2 cm³/mol. The quantitative estimate of drug-likeness (QED) is 0.836. The van der Waals surface area contributed by atoms with Gasteiger partial charge in [0.05, 0.1) is 6.54 Å². The van der Waals surface area contributed by atoms with Gasteiger partial charge in [0.1, 0.15) is 4.90 Å². The summed E-state index contributed by atoms with van der Waals surface area (Å²) in [7, 11) is -3.64. The van der Waals surface area contributed by atoms with Crippen molar-refractivity contribution >= 4 is 21.4 Å². The Kier molecular flexibility index (Phi) is 5.09. The minimum Gasteiger partial charge on any atom is -0.320 e. The number of aromatic nitrogens is 1. The van der Waals surface area contributed by atoms with E-state index in [-0.39, 0.29) is 17.5 Å². The minimum atomic E-state index is -3.64. The number of nitrogens with two attached hydrogens (primary N) is 1. The topological polar surface area (TPSA) is 85.1 Å². The van der Waals surface area contributed by atoms with Gasteiger partial charge in [-0.3, -0.25) is 4.98 Å². The van der Waals surface area contributed by atoms with E-state index in [4.69, 9.17) is 5.73 Å². The van der Waals surface area contributed by atoms with E-state index >= 15 is 0 Å². The van der Waals surface area contributed by atoms with Crippen molar-refractivity contribution in [3.8, 4) is 11.8 Å². The summed E-state index contributed by atoms with van der Waals surface area (Å²) in [4.78, 5) is 4.00. The summed E-state index contributed by atoms with van der Waals surface area (Å²) in [6.45, 7) is 2.01. The molecular weight excluding hydrogens is 306 g/mol. The molecular formula is C14H15N3O2S2. The summed E-state index contributed by atoms with van der Waals surface area (Å²) < 4.78 is 27.3. The number of rotatable bonds is 4. The average Bonchev–Trinajstić information content (AvgIpc) is 2.99. The van der Waals surface area contributed by atoms with Crippen LogP contribution in [0.1, 0.15) is 24.1 Å². The maximum atomic E-state index is 12.3. The fourth-order valence-electron chi connectivity index (χ4n) is 1.68. The van der Waals surface area contributed by atoms with Gasteiger partial charge in [-0.25, -0.2) is 13.1 Å². The van der Waals surface area contributed by atoms with Gasteiger partial charge in [-0.15, -0.1) is 0 Å². The summed E-state index contributed by atoms with van der Waals surface area (Å²) >= 11 is 1.52. The Labute approximate surface area is 128 Å². The molecule has 0 aliphatic carbocycles. The lowest BCUT2D eigenvalue weighted by molar-refractivity contribution is 0.567. The first-order valence-electron chi connectivity index (χ1n) is 6.21. The van der Waals surface area contributed by atoms with E-state index in [0.29, 0.717) is 5.56 Å². The van der Waals surface area contributed by atoms with Gasteiger partial charge >= 0.3 is 0 Å². The summed E-state index contributed by atoms with van der Waals surface area (Å²) in [5, 5.41) is 3.82. The van der Waals surface area contributed by atoms with Crippen molar-refractivity contribution in [1.29, 1.82) is 0 Å². The maximum Gasteiger partial charge on any atom is 0.242 e. The molecule has 0 amide bonds. The van der Waals surface area contributed by atoms with Crippen LogP contribution in [0.2, 0.25) is 0 Å². The molecule has 7 heteroatoms. The Morgan fingerprint density at radius 1 is 1.48 bits per heavy atom. The van der Waals surface area contributed by atoms with Crippen molar-refractivity contribution in [2.75, 3.05) is 6.54 Å². The van der Waals surface area contributed by atoms with Crippen molar-refractivity contribution < 1.29 is 8.42 Å². The Balaban J connectivity index is 2.23. The third kappa shape index (κ3) is 4.12. The molecule has 0 saturated heterocycles. The van der Waals surface area contributed by atoms with Crippen LogP contribution in [-0.4, -0.2) is 19.9 Å². The summed E-state index contributed by atoms with van der Waals surface area (Å²) in [5.41, 5.74) is 6.74. The van der Waals surface area contributed by atoms with Gasteiger partial charge < -0.3 is 5.73 Å². The molecule has 0 fully saturated rings. The van der Waals surface area contributed by atoms with E-state index in [0.717, 1.165) is 5.56 Å². The molecule has 2 aromatic heterocycles. The van der Waals surface area contributed by atoms with Crippen LogP contribution in [0.15, 0.2) is 40.2 Å². The number of nitrogens with zero attached hydrogens (tertiary/aromatic N) is 1. The lowest BCUT2D eigenvalue weighted by Gasteiger charge is -2.13. The van der Waals surface area contributed by atoms with Crippen LogP contribution in [0.4, 0.5) is 0 Å². The first-order chi connectivity index (χ1) is 10.0. The molecule has 2 rings (SSSR count). The van der Waals surface area contributed by atoms with Gasteiger partial charge in [0.15, 0.2) is 0 Å². The highest BCUT2D eigenvalue weighted by Crippen LogP contribution is 2.19. The molecule has 1 unspecified atom stereocenters. The Hall–Kier alpha value is -1.72. The lowest BCUT2D eigenvalue weighted by Crippen LogP contribution is -2.26. The monoisotopic (exact) mass is 321 g/mol. The molecule has 110 valence electrons. The third-order valence-electron chi connectivity index (χ3n) is 2.73. The number of pyridine rings is 1. The van der Waals surface area contributed by atoms with Gasteiger partial charge in [-0.1, -0.05) is 11.8 Å². The van der Waals surface area contributed by atoms with Crippen molar-refractivity contribution in [3.63, 3.8) is 0 Å². The molecule has 1 atom stereocenters. The Bertz CT molecular complexity index is 759. The molecule has 2 heterocycles. The van der Waals surface area contributed by atoms with Crippen LogP contribution >= 0.6 is 11.3 Å². The molecule has 3 N–H and O–H groups in total. The van der Waals surface area contributed by atoms with Crippen LogP contribution in [0, 0.1) is 11.8 Å². The fourth-order valence-corrected chi connectivity index (χ4v) is 3.65. The van der Waals surface area contributed by atoms with Gasteiger partial charge in [0, 0.05) is 24.0 Å². The number of nitrogens with one attached hydrogen (secondary N) is 1. The van der Waals surface area contributed by atoms with E-state index in [9.17, 15) is 8.42 Å². The van der Waals surface area contributed by atoms with Crippen LogP contribution in [0.25, 0.3) is 0 Å². The summed E-state index contributed by atoms with van der Waals surface area (Å²) in [5.74, 6) is 5.44. The van der Waals surface area contributed by atoms with Crippen molar-refractivity contribution in [3.05, 3.63) is 46.4 Å². The zero-order valence-electron chi connectivity index (χ0n) is 11.4. The minimum absolute atomic E-state index is 0.0911. The van der Waals surface area contributed by atoms with Crippen molar-refractivity contribution in [2.24, 2.45) is 5.73 Å². The second kappa shape index (κ2) is 6.83.